The lowest BCUT2D eigenvalue weighted by molar-refractivity contribution is 0.102. The average molecular weight is 277 g/mol. The van der Waals surface area contributed by atoms with Crippen LogP contribution in [0.5, 0.6) is 5.75 Å². The maximum absolute atomic E-state index is 12.1. The summed E-state index contributed by atoms with van der Waals surface area (Å²) in [6.45, 7) is 0. The first-order chi connectivity index (χ1) is 9.24. The van der Waals surface area contributed by atoms with Gasteiger partial charge in [0.1, 0.15) is 5.75 Å². The summed E-state index contributed by atoms with van der Waals surface area (Å²) >= 11 is 5.71. The van der Waals surface area contributed by atoms with Gasteiger partial charge in [-0.2, -0.15) is 0 Å². The van der Waals surface area contributed by atoms with Gasteiger partial charge < -0.3 is 10.1 Å². The molecule has 0 atom stereocenters. The van der Waals surface area contributed by atoms with E-state index in [9.17, 15) is 4.79 Å². The van der Waals surface area contributed by atoms with Gasteiger partial charge in [-0.05, 0) is 23.8 Å². The molecule has 19 heavy (non-hydrogen) atoms. The van der Waals surface area contributed by atoms with E-state index in [1.54, 1.807) is 12.3 Å². The summed E-state index contributed by atoms with van der Waals surface area (Å²) < 4.78 is 5.10. The molecule has 0 aliphatic carbocycles. The lowest BCUT2D eigenvalue weighted by Gasteiger charge is -2.08. The Morgan fingerprint density at radius 2 is 2.05 bits per heavy atom. The van der Waals surface area contributed by atoms with Gasteiger partial charge in [-0.1, -0.05) is 12.1 Å². The molecule has 0 saturated heterocycles. The maximum Gasteiger partial charge on any atom is 0.259 e. The second kappa shape index (κ2) is 6.20. The third-order valence-corrected chi connectivity index (χ3v) is 2.92. The van der Waals surface area contributed by atoms with Crippen LogP contribution in [-0.2, 0) is 5.88 Å². The first-order valence-corrected chi connectivity index (χ1v) is 6.22. The van der Waals surface area contributed by atoms with Gasteiger partial charge >= 0.3 is 0 Å². The van der Waals surface area contributed by atoms with E-state index in [4.69, 9.17) is 16.3 Å². The number of carbonyl (C=O) groups is 1. The number of aromatic nitrogens is 1. The van der Waals surface area contributed by atoms with Crippen molar-refractivity contribution in [3.63, 3.8) is 0 Å². The molecule has 0 aliphatic rings. The van der Waals surface area contributed by atoms with E-state index in [-0.39, 0.29) is 5.91 Å². The number of hydrogen-bond donors (Lipinski definition) is 1. The number of hydrogen-bond acceptors (Lipinski definition) is 3. The minimum absolute atomic E-state index is 0.238. The zero-order chi connectivity index (χ0) is 13.7. The number of rotatable bonds is 4. The van der Waals surface area contributed by atoms with Gasteiger partial charge in [-0.25, -0.2) is 0 Å². The van der Waals surface area contributed by atoms with Crippen molar-refractivity contribution in [3.05, 3.63) is 53.9 Å². The van der Waals surface area contributed by atoms with Crippen LogP contribution in [0.2, 0.25) is 0 Å². The number of carbonyl (C=O) groups excluding carboxylic acids is 1. The Labute approximate surface area is 116 Å². The van der Waals surface area contributed by atoms with Crippen LogP contribution < -0.4 is 10.1 Å². The topological polar surface area (TPSA) is 51.2 Å². The first kappa shape index (κ1) is 13.4. The van der Waals surface area contributed by atoms with Crippen LogP contribution in [0, 0.1) is 0 Å². The van der Waals surface area contributed by atoms with Crippen molar-refractivity contribution < 1.29 is 9.53 Å². The maximum atomic E-state index is 12.1. The summed E-state index contributed by atoms with van der Waals surface area (Å²) in [5, 5.41) is 2.79. The van der Waals surface area contributed by atoms with Crippen molar-refractivity contribution in [1.82, 2.24) is 4.98 Å². The molecular weight excluding hydrogens is 264 g/mol. The van der Waals surface area contributed by atoms with Crippen LogP contribution in [0.1, 0.15) is 15.9 Å². The van der Waals surface area contributed by atoms with Crippen molar-refractivity contribution in [3.8, 4) is 5.75 Å². The van der Waals surface area contributed by atoms with E-state index in [0.717, 1.165) is 5.56 Å². The molecule has 1 N–H and O–H groups in total. The molecule has 2 aromatic rings. The van der Waals surface area contributed by atoms with Crippen molar-refractivity contribution in [1.29, 1.82) is 0 Å². The van der Waals surface area contributed by atoms with Gasteiger partial charge in [0, 0.05) is 17.8 Å². The predicted molar refractivity (Wildman–Crippen MR) is 74.7 cm³/mol. The zero-order valence-corrected chi connectivity index (χ0v) is 11.1. The van der Waals surface area contributed by atoms with Crippen LogP contribution in [-0.4, -0.2) is 18.0 Å². The van der Waals surface area contributed by atoms with Gasteiger partial charge in [-0.3, -0.25) is 9.78 Å². The van der Waals surface area contributed by atoms with Gasteiger partial charge in [0.2, 0.25) is 0 Å². The highest BCUT2D eigenvalue weighted by Crippen LogP contribution is 2.18. The van der Waals surface area contributed by atoms with Crippen molar-refractivity contribution in [2.75, 3.05) is 12.4 Å². The molecule has 0 saturated carbocycles. The Bertz CT molecular complexity index is 570. The standard InChI is InChI=1S/C14H13ClN2O2/c1-19-13-9-16-7-6-12(13)14(18)17-11-4-2-10(8-15)3-5-11/h2-7,9H,8H2,1H3,(H,17,18). The summed E-state index contributed by atoms with van der Waals surface area (Å²) in [6, 6.07) is 8.96. The molecule has 1 amide bonds. The molecule has 1 aromatic carbocycles. The third kappa shape index (κ3) is 3.23. The Morgan fingerprint density at radius 1 is 1.32 bits per heavy atom. The summed E-state index contributed by atoms with van der Waals surface area (Å²) in [7, 11) is 1.50. The number of ether oxygens (including phenoxy) is 1. The van der Waals surface area contributed by atoms with E-state index in [0.29, 0.717) is 22.9 Å². The van der Waals surface area contributed by atoms with E-state index in [1.807, 2.05) is 24.3 Å². The smallest absolute Gasteiger partial charge is 0.259 e. The highest BCUT2D eigenvalue weighted by Gasteiger charge is 2.11. The highest BCUT2D eigenvalue weighted by atomic mass is 35.5. The fraction of sp³-hybridized carbons (Fsp3) is 0.143. The summed E-state index contributed by atoms with van der Waals surface area (Å²) in [5.41, 5.74) is 2.15. The Morgan fingerprint density at radius 3 is 2.68 bits per heavy atom. The molecule has 4 nitrogen and oxygen atoms in total. The van der Waals surface area contributed by atoms with E-state index < -0.39 is 0 Å². The molecule has 0 unspecified atom stereocenters. The van der Waals surface area contributed by atoms with Crippen molar-refractivity contribution in [2.45, 2.75) is 5.88 Å². The number of alkyl halides is 1. The molecule has 98 valence electrons. The molecule has 2 rings (SSSR count). The Balaban J connectivity index is 2.16. The van der Waals surface area contributed by atoms with Gasteiger partial charge in [0.05, 0.1) is 18.9 Å². The van der Waals surface area contributed by atoms with Gasteiger partial charge in [-0.15, -0.1) is 11.6 Å². The largest absolute Gasteiger partial charge is 0.494 e. The minimum atomic E-state index is -0.238. The Kier molecular flexibility index (Phi) is 4.36. The van der Waals surface area contributed by atoms with E-state index in [2.05, 4.69) is 10.3 Å². The number of benzene rings is 1. The van der Waals surface area contributed by atoms with Crippen molar-refractivity contribution >= 4 is 23.2 Å². The predicted octanol–water partition coefficient (Wildman–Crippen LogP) is 3.08. The van der Waals surface area contributed by atoms with Crippen LogP contribution in [0.4, 0.5) is 5.69 Å². The van der Waals surface area contributed by atoms with Crippen molar-refractivity contribution in [2.24, 2.45) is 0 Å². The number of amides is 1. The SMILES string of the molecule is COc1cnccc1C(=O)Nc1ccc(CCl)cc1. The summed E-state index contributed by atoms with van der Waals surface area (Å²) in [5.74, 6) is 0.655. The van der Waals surface area contributed by atoms with Crippen LogP contribution in [0.3, 0.4) is 0 Å². The summed E-state index contributed by atoms with van der Waals surface area (Å²) in [6.07, 6.45) is 3.06. The van der Waals surface area contributed by atoms with E-state index in [1.165, 1.54) is 13.3 Å². The molecular formula is C14H13ClN2O2. The molecule has 1 aromatic heterocycles. The monoisotopic (exact) mass is 276 g/mol. The molecule has 5 heteroatoms. The fourth-order valence-corrected chi connectivity index (χ4v) is 1.78. The lowest BCUT2D eigenvalue weighted by Crippen LogP contribution is -2.13. The van der Waals surface area contributed by atoms with Crippen LogP contribution in [0.15, 0.2) is 42.7 Å². The van der Waals surface area contributed by atoms with E-state index >= 15 is 0 Å². The molecule has 0 fully saturated rings. The summed E-state index contributed by atoms with van der Waals surface area (Å²) in [4.78, 5) is 16.0. The number of nitrogens with zero attached hydrogens (tertiary/aromatic N) is 1. The number of anilines is 1. The number of pyridine rings is 1. The van der Waals surface area contributed by atoms with Crippen LogP contribution >= 0.6 is 11.6 Å². The second-order valence-corrected chi connectivity index (χ2v) is 4.13. The quantitative estimate of drug-likeness (QED) is 0.873. The normalized spacial score (nSPS) is 10.0. The highest BCUT2D eigenvalue weighted by molar-refractivity contribution is 6.17. The number of nitrogens with one attached hydrogen (secondary N) is 1. The third-order valence-electron chi connectivity index (χ3n) is 2.62. The molecule has 0 radical (unpaired) electrons. The minimum Gasteiger partial charge on any atom is -0.494 e. The lowest BCUT2D eigenvalue weighted by atomic mass is 10.2. The zero-order valence-electron chi connectivity index (χ0n) is 10.4. The number of methoxy groups -OCH3 is 1. The van der Waals surface area contributed by atoms with Gasteiger partial charge in [0.15, 0.2) is 0 Å². The second-order valence-electron chi connectivity index (χ2n) is 3.86. The fourth-order valence-electron chi connectivity index (χ4n) is 1.61. The molecule has 1 heterocycles. The molecule has 0 bridgehead atoms. The van der Waals surface area contributed by atoms with Crippen LogP contribution in [0.25, 0.3) is 0 Å². The van der Waals surface area contributed by atoms with Gasteiger partial charge in [0.25, 0.3) is 5.91 Å². The number of halogens is 1. The average Bonchev–Trinajstić information content (AvgIpc) is 2.48. The Hall–Kier alpha value is -2.07. The molecule has 0 spiro atoms. The molecule has 0 aliphatic heterocycles. The first-order valence-electron chi connectivity index (χ1n) is 5.69.